The van der Waals surface area contributed by atoms with Gasteiger partial charge in [-0.1, -0.05) is 36.4 Å². The van der Waals surface area contributed by atoms with Gasteiger partial charge in [0.2, 0.25) is 0 Å². The van der Waals surface area contributed by atoms with Crippen LogP contribution in [0.1, 0.15) is 63.0 Å². The molecule has 1 fully saturated rings. The van der Waals surface area contributed by atoms with E-state index in [1.165, 1.54) is 53.5 Å². The molecule has 5 rings (SSSR count). The molecule has 7 heteroatoms. The lowest BCUT2D eigenvalue weighted by atomic mass is 9.89. The first-order valence-electron chi connectivity index (χ1n) is 11.6. The first-order valence-corrected chi connectivity index (χ1v) is 13.4. The van der Waals surface area contributed by atoms with Crippen molar-refractivity contribution in [3.8, 4) is 11.1 Å². The number of carbonyl (C=O) groups excluding carboxylic acids is 1. The summed E-state index contributed by atoms with van der Waals surface area (Å²) in [7, 11) is 0. The number of nitrogens with zero attached hydrogens (tertiary/aromatic N) is 1. The molecule has 1 saturated carbocycles. The van der Waals surface area contributed by atoms with Crippen molar-refractivity contribution in [2.24, 2.45) is 0 Å². The first kappa shape index (κ1) is 21.7. The van der Waals surface area contributed by atoms with Crippen LogP contribution in [0.4, 0.5) is 0 Å². The van der Waals surface area contributed by atoms with E-state index in [-0.39, 0.29) is 17.6 Å². The van der Waals surface area contributed by atoms with Crippen LogP contribution in [-0.2, 0) is 22.4 Å². The summed E-state index contributed by atoms with van der Waals surface area (Å²) in [5.41, 5.74) is 4.69. The molecule has 0 radical (unpaired) electrons. The van der Waals surface area contributed by atoms with Crippen molar-refractivity contribution in [1.29, 1.82) is 0 Å². The van der Waals surface area contributed by atoms with Crippen LogP contribution in [0.25, 0.3) is 21.3 Å². The maximum atomic E-state index is 13.0. The highest BCUT2D eigenvalue weighted by molar-refractivity contribution is 8.00. The number of ether oxygens (including phenoxy) is 1. The number of hydrogen-bond donors (Lipinski definition) is 1. The zero-order valence-electron chi connectivity index (χ0n) is 18.3. The number of aryl methyl sites for hydroxylation is 2. The highest BCUT2D eigenvalue weighted by Crippen LogP contribution is 2.34. The van der Waals surface area contributed by atoms with E-state index in [1.807, 2.05) is 12.3 Å². The molecule has 2 aliphatic carbocycles. The van der Waals surface area contributed by atoms with Crippen LogP contribution in [-0.4, -0.2) is 27.3 Å². The van der Waals surface area contributed by atoms with Gasteiger partial charge in [-0.3, -0.25) is 9.59 Å². The summed E-state index contributed by atoms with van der Waals surface area (Å²) < 4.78 is 5.67. The second-order valence-corrected chi connectivity index (χ2v) is 11.0. The number of nitrogens with one attached hydrogen (secondary N) is 1. The second-order valence-electron chi connectivity index (χ2n) is 8.85. The van der Waals surface area contributed by atoms with Gasteiger partial charge in [0.25, 0.3) is 5.56 Å². The summed E-state index contributed by atoms with van der Waals surface area (Å²) in [6.45, 7) is 1.81. The molecular formula is C25H28N2O3S2. The van der Waals surface area contributed by atoms with Crippen molar-refractivity contribution < 1.29 is 9.53 Å². The zero-order chi connectivity index (χ0) is 22.1. The Kier molecular flexibility index (Phi) is 6.37. The van der Waals surface area contributed by atoms with Gasteiger partial charge in [-0.05, 0) is 75.0 Å². The third-order valence-corrected chi connectivity index (χ3v) is 8.37. The average Bonchev–Trinajstić information content (AvgIpc) is 3.24. The number of rotatable bonds is 5. The maximum absolute atomic E-state index is 13.0. The number of aromatic nitrogens is 2. The summed E-state index contributed by atoms with van der Waals surface area (Å²) in [6, 6.07) is 6.57. The van der Waals surface area contributed by atoms with Gasteiger partial charge < -0.3 is 9.72 Å². The zero-order valence-corrected chi connectivity index (χ0v) is 19.9. The van der Waals surface area contributed by atoms with Crippen molar-refractivity contribution in [1.82, 2.24) is 9.97 Å². The van der Waals surface area contributed by atoms with E-state index in [2.05, 4.69) is 28.2 Å². The van der Waals surface area contributed by atoms with Gasteiger partial charge in [0.05, 0.1) is 5.39 Å². The molecular weight excluding hydrogens is 440 g/mol. The lowest BCUT2D eigenvalue weighted by molar-refractivity contribution is -0.149. The number of esters is 1. The number of hydrogen-bond acceptors (Lipinski definition) is 6. The van der Waals surface area contributed by atoms with Gasteiger partial charge in [0.1, 0.15) is 16.2 Å². The van der Waals surface area contributed by atoms with Gasteiger partial charge >= 0.3 is 5.97 Å². The highest BCUT2D eigenvalue weighted by atomic mass is 32.2. The van der Waals surface area contributed by atoms with Crippen LogP contribution < -0.4 is 5.56 Å². The van der Waals surface area contributed by atoms with Gasteiger partial charge in [-0.2, -0.15) is 0 Å². The molecule has 0 amide bonds. The van der Waals surface area contributed by atoms with E-state index in [0.717, 1.165) is 49.7 Å². The summed E-state index contributed by atoms with van der Waals surface area (Å²) in [6.07, 6.45) is 10.1. The monoisotopic (exact) mass is 468 g/mol. The molecule has 32 heavy (non-hydrogen) atoms. The number of aromatic amines is 1. The van der Waals surface area contributed by atoms with E-state index in [0.29, 0.717) is 15.4 Å². The van der Waals surface area contributed by atoms with Crippen molar-refractivity contribution >= 4 is 39.3 Å². The summed E-state index contributed by atoms with van der Waals surface area (Å²) in [5, 5.41) is 2.70. The fourth-order valence-electron chi connectivity index (χ4n) is 4.76. The molecule has 1 aromatic carbocycles. The predicted molar refractivity (Wildman–Crippen MR) is 131 cm³/mol. The molecule has 2 aliphatic rings. The average molecular weight is 469 g/mol. The fourth-order valence-corrected chi connectivity index (χ4v) is 6.55. The lowest BCUT2D eigenvalue weighted by Crippen LogP contribution is -2.26. The third kappa shape index (κ3) is 4.50. The Labute approximate surface area is 196 Å². The van der Waals surface area contributed by atoms with Crippen molar-refractivity contribution in [2.45, 2.75) is 81.2 Å². The Balaban J connectivity index is 1.36. The minimum Gasteiger partial charge on any atom is -0.462 e. The first-order chi connectivity index (χ1) is 15.6. The Bertz CT molecular complexity index is 1190. The quantitative estimate of drug-likeness (QED) is 0.287. The van der Waals surface area contributed by atoms with Gasteiger partial charge in [0, 0.05) is 10.9 Å². The minimum absolute atomic E-state index is 0.0326. The Hall–Kier alpha value is -2.12. The Morgan fingerprint density at radius 1 is 1.16 bits per heavy atom. The molecule has 0 spiro atoms. The molecule has 5 nitrogen and oxygen atoms in total. The minimum atomic E-state index is -0.419. The fraction of sp³-hybridized carbons (Fsp3) is 0.480. The Morgan fingerprint density at radius 2 is 1.94 bits per heavy atom. The van der Waals surface area contributed by atoms with Gasteiger partial charge in [-0.25, -0.2) is 4.98 Å². The van der Waals surface area contributed by atoms with E-state index in [4.69, 9.17) is 4.74 Å². The molecule has 2 heterocycles. The van der Waals surface area contributed by atoms with E-state index >= 15 is 0 Å². The number of H-pyrrole nitrogens is 1. The van der Waals surface area contributed by atoms with Crippen LogP contribution in [0.2, 0.25) is 0 Å². The van der Waals surface area contributed by atoms with Crippen LogP contribution in [0.15, 0.2) is 33.5 Å². The largest absolute Gasteiger partial charge is 0.462 e. The maximum Gasteiger partial charge on any atom is 0.319 e. The molecule has 1 unspecified atom stereocenters. The lowest BCUT2D eigenvalue weighted by Gasteiger charge is -2.23. The van der Waals surface area contributed by atoms with E-state index < -0.39 is 5.25 Å². The van der Waals surface area contributed by atoms with Crippen LogP contribution in [0.5, 0.6) is 0 Å². The van der Waals surface area contributed by atoms with Crippen molar-refractivity contribution in [3.05, 3.63) is 45.1 Å². The van der Waals surface area contributed by atoms with Gasteiger partial charge in [-0.15, -0.1) is 11.3 Å². The number of thiophene rings is 1. The number of fused-ring (bicyclic) bond motifs is 2. The molecule has 1 atom stereocenters. The number of carbonyl (C=O) groups is 1. The Morgan fingerprint density at radius 3 is 2.75 bits per heavy atom. The molecule has 3 aromatic rings. The van der Waals surface area contributed by atoms with E-state index in [1.54, 1.807) is 0 Å². The van der Waals surface area contributed by atoms with E-state index in [9.17, 15) is 9.59 Å². The second kappa shape index (κ2) is 9.40. The predicted octanol–water partition coefficient (Wildman–Crippen LogP) is 5.89. The SMILES string of the molecule is CC(Sc1nc2scc(-c3ccc4c(c3)CCCC4)c2c(=O)[nH]1)C(=O)OC1CCCCC1. The molecule has 1 N–H and O–H groups in total. The third-order valence-electron chi connectivity index (χ3n) is 6.54. The molecule has 0 bridgehead atoms. The number of thioether (sulfide) groups is 1. The van der Waals surface area contributed by atoms with Crippen molar-refractivity contribution in [3.63, 3.8) is 0 Å². The smallest absolute Gasteiger partial charge is 0.319 e. The van der Waals surface area contributed by atoms with Crippen LogP contribution >= 0.6 is 23.1 Å². The standard InChI is InChI=1S/C25H28N2O3S2/c1-15(24(29)30-19-9-3-2-4-10-19)32-25-26-22(28)21-20(14-31-23(21)27-25)18-12-11-16-7-5-6-8-17(16)13-18/h11-15,19H,2-10H2,1H3,(H,26,27,28). The van der Waals surface area contributed by atoms with Crippen LogP contribution in [0, 0.1) is 0 Å². The summed E-state index contributed by atoms with van der Waals surface area (Å²) in [5.74, 6) is -0.231. The summed E-state index contributed by atoms with van der Waals surface area (Å²) >= 11 is 2.74. The topological polar surface area (TPSA) is 72.0 Å². The van der Waals surface area contributed by atoms with Crippen molar-refractivity contribution in [2.75, 3.05) is 0 Å². The number of benzene rings is 1. The normalized spacial score (nSPS) is 17.8. The highest BCUT2D eigenvalue weighted by Gasteiger charge is 2.24. The van der Waals surface area contributed by atoms with Gasteiger partial charge in [0.15, 0.2) is 5.16 Å². The molecule has 168 valence electrons. The molecule has 0 saturated heterocycles. The molecule has 2 aromatic heterocycles. The summed E-state index contributed by atoms with van der Waals surface area (Å²) in [4.78, 5) is 33.8. The molecule has 0 aliphatic heterocycles. The van der Waals surface area contributed by atoms with Crippen LogP contribution in [0.3, 0.4) is 0 Å².